The molecule has 1 rings (SSSR count). The van der Waals surface area contributed by atoms with Gasteiger partial charge in [0, 0.05) is 0 Å². The Hall–Kier alpha value is -1.57. The van der Waals surface area contributed by atoms with Crippen LogP contribution in [0.1, 0.15) is 12.0 Å². The zero-order valence-corrected chi connectivity index (χ0v) is 12.6. The van der Waals surface area contributed by atoms with E-state index in [4.69, 9.17) is 4.74 Å². The molecule has 0 amide bonds. The summed E-state index contributed by atoms with van der Waals surface area (Å²) in [5, 5.41) is 9.63. The van der Waals surface area contributed by atoms with E-state index in [9.17, 15) is 9.90 Å². The lowest BCUT2D eigenvalue weighted by Crippen LogP contribution is -2.19. The summed E-state index contributed by atoms with van der Waals surface area (Å²) >= 11 is 0. The first kappa shape index (κ1) is 15.5. The van der Waals surface area contributed by atoms with Crippen LogP contribution in [0.5, 0.6) is 0 Å². The lowest BCUT2D eigenvalue weighted by Gasteiger charge is -2.07. The van der Waals surface area contributed by atoms with Crippen LogP contribution in [-0.4, -0.2) is 25.3 Å². The molecule has 0 unspecified atom stereocenters. The van der Waals surface area contributed by atoms with E-state index in [1.54, 1.807) is 0 Å². The highest BCUT2D eigenvalue weighted by molar-refractivity contribution is 6.83. The van der Waals surface area contributed by atoms with Gasteiger partial charge in [-0.2, -0.15) is 0 Å². The normalized spacial score (nSPS) is 12.2. The van der Waals surface area contributed by atoms with Gasteiger partial charge in [0.05, 0.1) is 6.42 Å². The van der Waals surface area contributed by atoms with Crippen LogP contribution in [0.25, 0.3) is 0 Å². The van der Waals surface area contributed by atoms with Crippen LogP contribution < -0.4 is 0 Å². The van der Waals surface area contributed by atoms with E-state index in [0.29, 0.717) is 0 Å². The molecule has 19 heavy (non-hydrogen) atoms. The molecule has 4 heteroatoms. The van der Waals surface area contributed by atoms with Gasteiger partial charge in [0.2, 0.25) is 0 Å². The number of carbonyl (C=O) groups is 1. The Morgan fingerprint density at radius 3 is 2.53 bits per heavy atom. The van der Waals surface area contributed by atoms with Gasteiger partial charge in [0.15, 0.2) is 0 Å². The number of benzene rings is 1. The number of rotatable bonds is 4. The Labute approximate surface area is 115 Å². The fourth-order valence-corrected chi connectivity index (χ4v) is 1.91. The van der Waals surface area contributed by atoms with Crippen LogP contribution >= 0.6 is 0 Å². The molecule has 102 valence electrons. The maximum Gasteiger partial charge on any atom is 0.309 e. The number of hydrogen-bond acceptors (Lipinski definition) is 3. The number of hydrogen-bond donors (Lipinski definition) is 1. The van der Waals surface area contributed by atoms with Gasteiger partial charge in [-0.25, -0.2) is 0 Å². The fourth-order valence-electron chi connectivity index (χ4n) is 1.31. The van der Waals surface area contributed by atoms with Gasteiger partial charge < -0.3 is 9.84 Å². The second-order valence-corrected chi connectivity index (χ2v) is 10.1. The van der Waals surface area contributed by atoms with E-state index in [2.05, 4.69) is 31.1 Å². The molecule has 0 spiro atoms. The topological polar surface area (TPSA) is 46.5 Å². The van der Waals surface area contributed by atoms with Crippen LogP contribution in [0, 0.1) is 11.5 Å². The Morgan fingerprint density at radius 1 is 1.32 bits per heavy atom. The summed E-state index contributed by atoms with van der Waals surface area (Å²) in [5.41, 5.74) is 3.96. The van der Waals surface area contributed by atoms with Crippen LogP contribution in [-0.2, 0) is 16.1 Å². The molecule has 1 N–H and O–H groups in total. The van der Waals surface area contributed by atoms with Crippen molar-refractivity contribution in [1.29, 1.82) is 0 Å². The van der Waals surface area contributed by atoms with Crippen LogP contribution in [0.4, 0.5) is 0 Å². The van der Waals surface area contributed by atoms with Crippen molar-refractivity contribution in [3.63, 3.8) is 0 Å². The lowest BCUT2D eigenvalue weighted by atomic mass is 10.2. The van der Waals surface area contributed by atoms with E-state index in [0.717, 1.165) is 5.56 Å². The van der Waals surface area contributed by atoms with Crippen molar-refractivity contribution in [2.45, 2.75) is 38.8 Å². The molecule has 0 fully saturated rings. The van der Waals surface area contributed by atoms with Crippen molar-refractivity contribution in [3.05, 3.63) is 35.9 Å². The second kappa shape index (κ2) is 7.12. The predicted octanol–water partition coefficient (Wildman–Crippen LogP) is 2.36. The molecule has 3 nitrogen and oxygen atoms in total. The number of esters is 1. The lowest BCUT2D eigenvalue weighted by molar-refractivity contribution is -0.146. The third kappa shape index (κ3) is 7.45. The minimum atomic E-state index is -1.52. The summed E-state index contributed by atoms with van der Waals surface area (Å²) in [6.07, 6.45) is -1.01. The molecule has 0 aliphatic carbocycles. The molecule has 1 atom stereocenters. The molecule has 0 aliphatic heterocycles. The number of ether oxygens (including phenoxy) is 1. The highest BCUT2D eigenvalue weighted by Gasteiger charge is 2.12. The van der Waals surface area contributed by atoms with E-state index in [1.165, 1.54) is 0 Å². The summed E-state index contributed by atoms with van der Waals surface area (Å²) in [6, 6.07) is 9.44. The quantitative estimate of drug-likeness (QED) is 0.522. The highest BCUT2D eigenvalue weighted by atomic mass is 28.3. The van der Waals surface area contributed by atoms with Crippen LogP contribution in [0.3, 0.4) is 0 Å². The van der Waals surface area contributed by atoms with E-state index < -0.39 is 20.1 Å². The Balaban J connectivity index is 2.37. The summed E-state index contributed by atoms with van der Waals surface area (Å²) in [4.78, 5) is 11.5. The molecule has 1 aromatic rings. The maximum absolute atomic E-state index is 11.5. The van der Waals surface area contributed by atoms with Crippen molar-refractivity contribution in [1.82, 2.24) is 0 Å². The average molecular weight is 276 g/mol. The van der Waals surface area contributed by atoms with Crippen LogP contribution in [0.15, 0.2) is 30.3 Å². The minimum Gasteiger partial charge on any atom is -0.461 e. The standard InChI is InChI=1S/C15H20O3Si/c1-19(2,3)10-9-14(16)11-15(17)18-12-13-7-5-4-6-8-13/h4-8,14,16H,11-12H2,1-3H3/t14-/m0/s1. The Kier molecular flexibility index (Phi) is 5.81. The molecule has 0 saturated carbocycles. The van der Waals surface area contributed by atoms with Crippen molar-refractivity contribution in [2.75, 3.05) is 0 Å². The van der Waals surface area contributed by atoms with Gasteiger partial charge in [-0.05, 0) is 5.56 Å². The number of aliphatic hydroxyl groups excluding tert-OH is 1. The van der Waals surface area contributed by atoms with Gasteiger partial charge in [0.25, 0.3) is 0 Å². The van der Waals surface area contributed by atoms with Crippen molar-refractivity contribution in [2.24, 2.45) is 0 Å². The van der Waals surface area contributed by atoms with Gasteiger partial charge in [-0.3, -0.25) is 4.79 Å². The van der Waals surface area contributed by atoms with E-state index >= 15 is 0 Å². The molecule has 0 aromatic heterocycles. The second-order valence-electron chi connectivity index (χ2n) is 5.39. The molecular weight excluding hydrogens is 256 g/mol. The minimum absolute atomic E-state index is 0.0791. The van der Waals surface area contributed by atoms with Gasteiger partial charge in [-0.15, -0.1) is 5.54 Å². The summed E-state index contributed by atoms with van der Waals surface area (Å²) in [6.45, 7) is 6.48. The number of aliphatic hydroxyl groups is 1. The SMILES string of the molecule is C[Si](C)(C)C#C[C@H](O)CC(=O)OCc1ccccc1. The first-order valence-electron chi connectivity index (χ1n) is 6.27. The summed E-state index contributed by atoms with van der Waals surface area (Å²) in [5.74, 6) is 2.29. The van der Waals surface area contributed by atoms with Crippen molar-refractivity contribution < 1.29 is 14.6 Å². The monoisotopic (exact) mass is 276 g/mol. The largest absolute Gasteiger partial charge is 0.461 e. The Morgan fingerprint density at radius 2 is 1.95 bits per heavy atom. The van der Waals surface area contributed by atoms with E-state index in [-0.39, 0.29) is 13.0 Å². The highest BCUT2D eigenvalue weighted by Crippen LogP contribution is 2.03. The zero-order chi connectivity index (χ0) is 14.3. The molecule has 0 radical (unpaired) electrons. The summed E-state index contributed by atoms with van der Waals surface area (Å²) in [7, 11) is -1.52. The average Bonchev–Trinajstić information content (AvgIpc) is 2.34. The fraction of sp³-hybridized carbons (Fsp3) is 0.400. The third-order valence-electron chi connectivity index (χ3n) is 2.22. The maximum atomic E-state index is 11.5. The summed E-state index contributed by atoms with van der Waals surface area (Å²) < 4.78 is 5.08. The first-order chi connectivity index (χ1) is 8.87. The van der Waals surface area contributed by atoms with Crippen molar-refractivity contribution in [3.8, 4) is 11.5 Å². The smallest absolute Gasteiger partial charge is 0.309 e. The Bertz CT molecular complexity index is 466. The van der Waals surface area contributed by atoms with Crippen LogP contribution in [0.2, 0.25) is 19.6 Å². The van der Waals surface area contributed by atoms with Gasteiger partial charge >= 0.3 is 5.97 Å². The first-order valence-corrected chi connectivity index (χ1v) is 9.77. The van der Waals surface area contributed by atoms with E-state index in [1.807, 2.05) is 30.3 Å². The molecule has 0 bridgehead atoms. The molecule has 0 saturated heterocycles. The molecular formula is C15H20O3Si. The van der Waals surface area contributed by atoms with Gasteiger partial charge in [-0.1, -0.05) is 55.9 Å². The predicted molar refractivity (Wildman–Crippen MR) is 78.0 cm³/mol. The number of carbonyl (C=O) groups excluding carboxylic acids is 1. The molecule has 1 aromatic carbocycles. The molecule has 0 heterocycles. The van der Waals surface area contributed by atoms with Gasteiger partial charge in [0.1, 0.15) is 20.8 Å². The van der Waals surface area contributed by atoms with Crippen molar-refractivity contribution >= 4 is 14.0 Å². The zero-order valence-electron chi connectivity index (χ0n) is 11.6. The molecule has 0 aliphatic rings. The third-order valence-corrected chi connectivity index (χ3v) is 3.11.